The molecule has 2 aromatic carbocycles. The van der Waals surface area contributed by atoms with Gasteiger partial charge in [-0.2, -0.15) is 5.26 Å². The fraction of sp³-hybridized carbons (Fsp3) is 0. The predicted molar refractivity (Wildman–Crippen MR) is 88.2 cm³/mol. The van der Waals surface area contributed by atoms with Crippen LogP contribution >= 0.6 is 31.9 Å². The minimum atomic E-state index is -3.86. The van der Waals surface area contributed by atoms with Crippen molar-refractivity contribution in [2.45, 2.75) is 4.90 Å². The summed E-state index contributed by atoms with van der Waals surface area (Å²) in [4.78, 5) is 0.00589. The number of nitrogens with zero attached hydrogens (tertiary/aromatic N) is 1. The highest BCUT2D eigenvalue weighted by Gasteiger charge is 2.19. The number of hydrogen-bond acceptors (Lipinski definition) is 4. The maximum Gasteiger partial charge on any atom is 0.263 e. The fourth-order valence-electron chi connectivity index (χ4n) is 1.62. The number of halogens is 2. The minimum Gasteiger partial charge on any atom is -0.399 e. The fourth-order valence-corrected chi connectivity index (χ4v) is 4.06. The molecule has 0 fully saturated rings. The van der Waals surface area contributed by atoms with Crippen molar-refractivity contribution in [2.75, 3.05) is 10.5 Å². The molecule has 0 aliphatic carbocycles. The van der Waals surface area contributed by atoms with E-state index in [0.717, 1.165) is 0 Å². The van der Waals surface area contributed by atoms with E-state index in [1.807, 2.05) is 6.07 Å². The van der Waals surface area contributed by atoms with E-state index in [4.69, 9.17) is 11.0 Å². The summed E-state index contributed by atoms with van der Waals surface area (Å²) in [5.41, 5.74) is 6.37. The number of rotatable bonds is 3. The molecule has 0 saturated heterocycles. The molecule has 0 radical (unpaired) electrons. The third kappa shape index (κ3) is 3.56. The van der Waals surface area contributed by atoms with Crippen molar-refractivity contribution in [2.24, 2.45) is 0 Å². The summed E-state index contributed by atoms with van der Waals surface area (Å²) in [6.45, 7) is 0. The number of nitriles is 1. The van der Waals surface area contributed by atoms with E-state index in [-0.39, 0.29) is 16.1 Å². The molecular formula is C13H9Br2N3O2S. The highest BCUT2D eigenvalue weighted by atomic mass is 79.9. The Morgan fingerprint density at radius 3 is 2.52 bits per heavy atom. The van der Waals surface area contributed by atoms with Crippen molar-refractivity contribution in [3.8, 4) is 6.07 Å². The third-order valence-corrected chi connectivity index (χ3v) is 5.44. The first-order chi connectivity index (χ1) is 9.83. The van der Waals surface area contributed by atoms with Crippen molar-refractivity contribution in [1.29, 1.82) is 5.26 Å². The highest BCUT2D eigenvalue weighted by Crippen LogP contribution is 2.28. The Morgan fingerprint density at radius 1 is 1.14 bits per heavy atom. The van der Waals surface area contributed by atoms with Crippen LogP contribution in [0.4, 0.5) is 11.4 Å². The number of sulfonamides is 1. The number of hydrogen-bond donors (Lipinski definition) is 2. The van der Waals surface area contributed by atoms with Gasteiger partial charge in [0.2, 0.25) is 0 Å². The van der Waals surface area contributed by atoms with Crippen LogP contribution < -0.4 is 10.5 Å². The van der Waals surface area contributed by atoms with Crippen molar-refractivity contribution < 1.29 is 8.42 Å². The van der Waals surface area contributed by atoms with Gasteiger partial charge in [-0.05, 0) is 52.3 Å². The van der Waals surface area contributed by atoms with E-state index >= 15 is 0 Å². The van der Waals surface area contributed by atoms with Crippen LogP contribution in [0.25, 0.3) is 0 Å². The molecule has 3 N–H and O–H groups in total. The number of nitrogen functional groups attached to an aromatic ring is 1. The first-order valence-corrected chi connectivity index (χ1v) is 8.68. The molecule has 108 valence electrons. The molecule has 21 heavy (non-hydrogen) atoms. The number of nitrogens with two attached hydrogens (primary N) is 1. The Labute approximate surface area is 139 Å². The second-order valence-electron chi connectivity index (χ2n) is 4.10. The zero-order chi connectivity index (χ0) is 15.6. The second kappa shape index (κ2) is 6.05. The number of anilines is 2. The van der Waals surface area contributed by atoms with E-state index in [0.29, 0.717) is 14.6 Å². The van der Waals surface area contributed by atoms with Crippen LogP contribution in [0, 0.1) is 11.3 Å². The molecule has 0 heterocycles. The van der Waals surface area contributed by atoms with Gasteiger partial charge in [0.1, 0.15) is 11.0 Å². The van der Waals surface area contributed by atoms with Gasteiger partial charge >= 0.3 is 0 Å². The van der Waals surface area contributed by atoms with E-state index in [1.165, 1.54) is 18.2 Å². The molecule has 0 spiro atoms. The van der Waals surface area contributed by atoms with Crippen LogP contribution in [-0.2, 0) is 10.0 Å². The summed E-state index contributed by atoms with van der Waals surface area (Å²) in [6.07, 6.45) is 0. The van der Waals surface area contributed by atoms with Crippen molar-refractivity contribution in [1.82, 2.24) is 0 Å². The Balaban J connectivity index is 2.50. The Morgan fingerprint density at radius 2 is 1.86 bits per heavy atom. The molecule has 0 bridgehead atoms. The molecule has 0 atom stereocenters. The smallest absolute Gasteiger partial charge is 0.263 e. The quantitative estimate of drug-likeness (QED) is 0.728. The number of nitrogens with one attached hydrogen (secondary N) is 1. The summed E-state index contributed by atoms with van der Waals surface area (Å²) in [5, 5.41) is 9.05. The van der Waals surface area contributed by atoms with E-state index in [1.54, 1.807) is 18.2 Å². The van der Waals surface area contributed by atoms with Crippen LogP contribution in [0.5, 0.6) is 0 Å². The molecule has 0 aliphatic heterocycles. The lowest BCUT2D eigenvalue weighted by Crippen LogP contribution is -2.14. The van der Waals surface area contributed by atoms with Gasteiger partial charge in [-0.15, -0.1) is 0 Å². The lowest BCUT2D eigenvalue weighted by atomic mass is 10.2. The lowest BCUT2D eigenvalue weighted by Gasteiger charge is -2.11. The molecule has 0 amide bonds. The third-order valence-electron chi connectivity index (χ3n) is 2.59. The average Bonchev–Trinajstić information content (AvgIpc) is 2.41. The largest absolute Gasteiger partial charge is 0.399 e. The van der Waals surface area contributed by atoms with Crippen molar-refractivity contribution in [3.63, 3.8) is 0 Å². The molecule has 0 saturated carbocycles. The van der Waals surface area contributed by atoms with E-state index in [9.17, 15) is 8.42 Å². The van der Waals surface area contributed by atoms with Gasteiger partial charge in [0.25, 0.3) is 10.0 Å². The molecular weight excluding hydrogens is 422 g/mol. The first kappa shape index (κ1) is 15.8. The van der Waals surface area contributed by atoms with Crippen LogP contribution in [-0.4, -0.2) is 8.42 Å². The molecule has 2 aromatic rings. The van der Waals surface area contributed by atoms with Crippen molar-refractivity contribution in [3.05, 3.63) is 50.9 Å². The van der Waals surface area contributed by atoms with Gasteiger partial charge in [0.05, 0.1) is 11.3 Å². The Kier molecular flexibility index (Phi) is 4.56. The maximum absolute atomic E-state index is 12.4. The lowest BCUT2D eigenvalue weighted by molar-refractivity contribution is 0.601. The SMILES string of the molecule is N#Cc1ccc(Br)cc1NS(=O)(=O)c1cc(N)ccc1Br. The molecule has 8 heteroatoms. The standard InChI is InChI=1S/C13H9Br2N3O2S/c14-9-2-1-8(7-16)12(5-9)18-21(19,20)13-6-10(17)3-4-11(13)15/h1-6,18H,17H2. The maximum atomic E-state index is 12.4. The van der Waals surface area contributed by atoms with Crippen LogP contribution in [0.3, 0.4) is 0 Å². The topological polar surface area (TPSA) is 96.0 Å². The van der Waals surface area contributed by atoms with Crippen LogP contribution in [0.2, 0.25) is 0 Å². The highest BCUT2D eigenvalue weighted by molar-refractivity contribution is 9.10. The molecule has 0 aromatic heterocycles. The van der Waals surface area contributed by atoms with E-state index < -0.39 is 10.0 Å². The molecule has 5 nitrogen and oxygen atoms in total. The van der Waals surface area contributed by atoms with Crippen molar-refractivity contribution >= 4 is 53.3 Å². The van der Waals surface area contributed by atoms with E-state index in [2.05, 4.69) is 36.6 Å². The Hall–Kier alpha value is -1.56. The monoisotopic (exact) mass is 429 g/mol. The van der Waals surface area contributed by atoms with Gasteiger partial charge in [0.15, 0.2) is 0 Å². The van der Waals surface area contributed by atoms with Gasteiger partial charge in [0, 0.05) is 14.6 Å². The van der Waals surface area contributed by atoms with Gasteiger partial charge in [-0.3, -0.25) is 4.72 Å². The summed E-state index contributed by atoms with van der Waals surface area (Å²) < 4.78 is 28.3. The molecule has 2 rings (SSSR count). The predicted octanol–water partition coefficient (Wildman–Crippen LogP) is 3.47. The summed E-state index contributed by atoms with van der Waals surface area (Å²) >= 11 is 6.42. The second-order valence-corrected chi connectivity index (χ2v) is 7.52. The molecule has 0 unspecified atom stereocenters. The first-order valence-electron chi connectivity index (χ1n) is 5.61. The van der Waals surface area contributed by atoms with Gasteiger partial charge in [-0.25, -0.2) is 8.42 Å². The zero-order valence-corrected chi connectivity index (χ0v) is 14.5. The minimum absolute atomic E-state index is 0.00589. The van der Waals surface area contributed by atoms with Gasteiger partial charge in [-0.1, -0.05) is 15.9 Å². The normalized spacial score (nSPS) is 10.9. The number of benzene rings is 2. The van der Waals surface area contributed by atoms with Crippen LogP contribution in [0.1, 0.15) is 5.56 Å². The van der Waals surface area contributed by atoms with Gasteiger partial charge < -0.3 is 5.73 Å². The van der Waals surface area contributed by atoms with Crippen LogP contribution in [0.15, 0.2) is 50.2 Å². The average molecular weight is 431 g/mol. The summed E-state index contributed by atoms with van der Waals surface area (Å²) in [7, 11) is -3.86. The molecule has 0 aliphatic rings. The Bertz CT molecular complexity index is 845. The summed E-state index contributed by atoms with van der Waals surface area (Å²) in [5.74, 6) is 0. The zero-order valence-electron chi connectivity index (χ0n) is 10.5. The summed E-state index contributed by atoms with van der Waals surface area (Å²) in [6, 6.07) is 11.1.